The third-order valence-corrected chi connectivity index (χ3v) is 2.38. The Morgan fingerprint density at radius 3 is 2.22 bits per heavy atom. The van der Waals surface area contributed by atoms with Gasteiger partial charge in [0.2, 0.25) is 5.91 Å². The van der Waals surface area contributed by atoms with E-state index in [1.807, 2.05) is 6.92 Å². The predicted molar refractivity (Wildman–Crippen MR) is 65.9 cm³/mol. The number of urea groups is 1. The SMILES string of the molecule is CCC[C@H](NC(=O)N(CC(N)=O)C(C)C)C(=O)O. The molecule has 0 aliphatic heterocycles. The lowest BCUT2D eigenvalue weighted by Crippen LogP contribution is -2.52. The first-order valence-corrected chi connectivity index (χ1v) is 5.87. The number of nitrogens with zero attached hydrogens (tertiary/aromatic N) is 1. The largest absolute Gasteiger partial charge is 0.480 e. The number of carbonyl (C=O) groups is 3. The summed E-state index contributed by atoms with van der Waals surface area (Å²) in [5.74, 6) is -1.73. The van der Waals surface area contributed by atoms with Crippen LogP contribution in [0.3, 0.4) is 0 Å². The van der Waals surface area contributed by atoms with Gasteiger partial charge in [-0.2, -0.15) is 0 Å². The van der Waals surface area contributed by atoms with Crippen molar-refractivity contribution in [2.45, 2.75) is 45.7 Å². The number of amides is 3. The fourth-order valence-electron chi connectivity index (χ4n) is 1.43. The summed E-state index contributed by atoms with van der Waals surface area (Å²) in [4.78, 5) is 34.8. The molecule has 0 aliphatic rings. The summed E-state index contributed by atoms with van der Waals surface area (Å²) in [6.45, 7) is 5.03. The van der Waals surface area contributed by atoms with Gasteiger partial charge in [0, 0.05) is 6.04 Å². The van der Waals surface area contributed by atoms with E-state index in [9.17, 15) is 14.4 Å². The van der Waals surface area contributed by atoms with E-state index < -0.39 is 23.9 Å². The van der Waals surface area contributed by atoms with Gasteiger partial charge in [-0.3, -0.25) is 4.79 Å². The number of aliphatic carboxylic acids is 1. The van der Waals surface area contributed by atoms with Crippen molar-refractivity contribution in [1.29, 1.82) is 0 Å². The van der Waals surface area contributed by atoms with Gasteiger partial charge in [0.15, 0.2) is 0 Å². The summed E-state index contributed by atoms with van der Waals surface area (Å²) < 4.78 is 0. The molecule has 0 saturated carbocycles. The number of primary amides is 1. The topological polar surface area (TPSA) is 113 Å². The van der Waals surface area contributed by atoms with Crippen LogP contribution < -0.4 is 11.1 Å². The first kappa shape index (κ1) is 16.2. The number of nitrogens with one attached hydrogen (secondary N) is 1. The van der Waals surface area contributed by atoms with Gasteiger partial charge >= 0.3 is 12.0 Å². The fourth-order valence-corrected chi connectivity index (χ4v) is 1.43. The van der Waals surface area contributed by atoms with Gasteiger partial charge in [-0.15, -0.1) is 0 Å². The van der Waals surface area contributed by atoms with E-state index in [-0.39, 0.29) is 12.6 Å². The molecule has 0 heterocycles. The van der Waals surface area contributed by atoms with Crippen molar-refractivity contribution in [3.8, 4) is 0 Å². The molecule has 7 heteroatoms. The lowest BCUT2D eigenvalue weighted by molar-refractivity contribution is -0.139. The molecule has 0 unspecified atom stereocenters. The summed E-state index contributed by atoms with van der Waals surface area (Å²) in [6.07, 6.45) is 0.971. The van der Waals surface area contributed by atoms with Crippen LogP contribution in [-0.2, 0) is 9.59 Å². The van der Waals surface area contributed by atoms with Crippen molar-refractivity contribution >= 4 is 17.9 Å². The molecule has 0 rings (SSSR count). The molecule has 1 atom stereocenters. The molecular weight excluding hydrogens is 238 g/mol. The summed E-state index contributed by atoms with van der Waals surface area (Å²) >= 11 is 0. The maximum atomic E-state index is 11.9. The molecule has 4 N–H and O–H groups in total. The number of carbonyl (C=O) groups excluding carboxylic acids is 2. The predicted octanol–water partition coefficient (Wildman–Crippen LogP) is 0.145. The van der Waals surface area contributed by atoms with Gasteiger partial charge in [0.05, 0.1) is 0 Å². The molecular formula is C11H21N3O4. The van der Waals surface area contributed by atoms with Crippen LogP contribution >= 0.6 is 0 Å². The van der Waals surface area contributed by atoms with Crippen LogP contribution in [0.15, 0.2) is 0 Å². The summed E-state index contributed by atoms with van der Waals surface area (Å²) in [6, 6.07) is -1.78. The van der Waals surface area contributed by atoms with E-state index in [4.69, 9.17) is 10.8 Å². The molecule has 3 amide bonds. The average Bonchev–Trinajstić information content (AvgIpc) is 2.24. The highest BCUT2D eigenvalue weighted by Gasteiger charge is 2.24. The monoisotopic (exact) mass is 259 g/mol. The van der Waals surface area contributed by atoms with Crippen molar-refractivity contribution in [3.63, 3.8) is 0 Å². The second-order valence-electron chi connectivity index (χ2n) is 4.32. The van der Waals surface area contributed by atoms with Gasteiger partial charge in [-0.1, -0.05) is 13.3 Å². The second kappa shape index (κ2) is 7.52. The quantitative estimate of drug-likeness (QED) is 0.603. The minimum atomic E-state index is -1.09. The Bertz CT molecular complexity index is 317. The Morgan fingerprint density at radius 1 is 1.33 bits per heavy atom. The third kappa shape index (κ3) is 5.51. The minimum Gasteiger partial charge on any atom is -0.480 e. The Labute approximate surface area is 106 Å². The van der Waals surface area contributed by atoms with Crippen LogP contribution in [0.2, 0.25) is 0 Å². The molecule has 0 aliphatic carbocycles. The van der Waals surface area contributed by atoms with Gasteiger partial charge in [0.25, 0.3) is 0 Å². The van der Waals surface area contributed by atoms with Gasteiger partial charge < -0.3 is 21.1 Å². The Kier molecular flexibility index (Phi) is 6.77. The number of nitrogens with two attached hydrogens (primary N) is 1. The number of carboxylic acids is 1. The highest BCUT2D eigenvalue weighted by Crippen LogP contribution is 2.02. The third-order valence-electron chi connectivity index (χ3n) is 2.38. The van der Waals surface area contributed by atoms with Gasteiger partial charge in [-0.05, 0) is 20.3 Å². The van der Waals surface area contributed by atoms with Crippen LogP contribution in [0, 0.1) is 0 Å². The van der Waals surface area contributed by atoms with E-state index in [1.54, 1.807) is 13.8 Å². The number of rotatable bonds is 7. The first-order valence-electron chi connectivity index (χ1n) is 5.87. The van der Waals surface area contributed by atoms with Crippen LogP contribution in [0.1, 0.15) is 33.6 Å². The molecule has 18 heavy (non-hydrogen) atoms. The van der Waals surface area contributed by atoms with E-state index in [2.05, 4.69) is 5.32 Å². The molecule has 0 bridgehead atoms. The van der Waals surface area contributed by atoms with Crippen LogP contribution in [0.25, 0.3) is 0 Å². The molecule has 104 valence electrons. The molecule has 0 aromatic heterocycles. The molecule has 0 saturated heterocycles. The highest BCUT2D eigenvalue weighted by molar-refractivity contribution is 5.86. The lowest BCUT2D eigenvalue weighted by Gasteiger charge is -2.27. The van der Waals surface area contributed by atoms with Crippen molar-refractivity contribution in [2.24, 2.45) is 5.73 Å². The number of carboxylic acid groups (broad SMARTS) is 1. The lowest BCUT2D eigenvalue weighted by atomic mass is 10.2. The fraction of sp³-hybridized carbons (Fsp3) is 0.727. The Morgan fingerprint density at radius 2 is 1.89 bits per heavy atom. The molecule has 0 radical (unpaired) electrons. The van der Waals surface area contributed by atoms with Crippen LogP contribution in [0.4, 0.5) is 4.79 Å². The highest BCUT2D eigenvalue weighted by atomic mass is 16.4. The maximum Gasteiger partial charge on any atom is 0.326 e. The summed E-state index contributed by atoms with van der Waals surface area (Å²) in [5, 5.41) is 11.3. The summed E-state index contributed by atoms with van der Waals surface area (Å²) in [5.41, 5.74) is 5.04. The van der Waals surface area contributed by atoms with Crippen molar-refractivity contribution < 1.29 is 19.5 Å². The first-order chi connectivity index (χ1) is 8.29. The smallest absolute Gasteiger partial charge is 0.326 e. The van der Waals surface area contributed by atoms with Crippen molar-refractivity contribution in [3.05, 3.63) is 0 Å². The maximum absolute atomic E-state index is 11.9. The van der Waals surface area contributed by atoms with Crippen LogP contribution in [0.5, 0.6) is 0 Å². The van der Waals surface area contributed by atoms with Crippen molar-refractivity contribution in [2.75, 3.05) is 6.54 Å². The zero-order chi connectivity index (χ0) is 14.3. The Balaban J connectivity index is 4.66. The zero-order valence-corrected chi connectivity index (χ0v) is 11.0. The second-order valence-corrected chi connectivity index (χ2v) is 4.32. The molecule has 0 aromatic carbocycles. The van der Waals surface area contributed by atoms with E-state index in [0.29, 0.717) is 12.8 Å². The normalized spacial score (nSPS) is 12.0. The standard InChI is InChI=1S/C11H21N3O4/c1-4-5-8(10(16)17)13-11(18)14(7(2)3)6-9(12)15/h7-8H,4-6H2,1-3H3,(H2,12,15)(H,13,18)(H,16,17)/t8-/m0/s1. The van der Waals surface area contributed by atoms with E-state index in [1.165, 1.54) is 4.90 Å². The minimum absolute atomic E-state index is 0.234. The van der Waals surface area contributed by atoms with E-state index in [0.717, 1.165) is 0 Å². The number of hydrogen-bond acceptors (Lipinski definition) is 3. The number of hydrogen-bond donors (Lipinski definition) is 3. The van der Waals surface area contributed by atoms with Gasteiger partial charge in [0.1, 0.15) is 12.6 Å². The van der Waals surface area contributed by atoms with Gasteiger partial charge in [-0.25, -0.2) is 9.59 Å². The molecule has 7 nitrogen and oxygen atoms in total. The summed E-state index contributed by atoms with van der Waals surface area (Å²) in [7, 11) is 0. The van der Waals surface area contributed by atoms with Crippen LogP contribution in [-0.4, -0.2) is 46.5 Å². The van der Waals surface area contributed by atoms with E-state index >= 15 is 0 Å². The average molecular weight is 259 g/mol. The molecule has 0 spiro atoms. The Hall–Kier alpha value is -1.79. The molecule has 0 aromatic rings. The zero-order valence-electron chi connectivity index (χ0n) is 11.0. The molecule has 0 fully saturated rings. The van der Waals surface area contributed by atoms with Crippen molar-refractivity contribution in [1.82, 2.24) is 10.2 Å².